The maximum atomic E-state index is 10.7. The van der Waals surface area contributed by atoms with Crippen LogP contribution in [0.3, 0.4) is 0 Å². The number of aromatic nitrogens is 3. The summed E-state index contributed by atoms with van der Waals surface area (Å²) >= 11 is 0. The number of nitrogens with zero attached hydrogens (tertiary/aromatic N) is 2. The van der Waals surface area contributed by atoms with E-state index in [0.717, 1.165) is 0 Å². The Hall–Kier alpha value is -2.57. The molecule has 1 aliphatic rings. The molecule has 0 unspecified atom stereocenters. The second kappa shape index (κ2) is 7.28. The fraction of sp³-hybridized carbons (Fsp3) is 0.357. The average molecular weight is 291 g/mol. The number of nitrogens with one attached hydrogen (secondary N) is 1. The monoisotopic (exact) mass is 291 g/mol. The van der Waals surface area contributed by atoms with Crippen molar-refractivity contribution >= 4 is 5.97 Å². The predicted molar refractivity (Wildman–Crippen MR) is 74.6 cm³/mol. The van der Waals surface area contributed by atoms with Gasteiger partial charge in [-0.05, 0) is 18.8 Å². The van der Waals surface area contributed by atoms with Gasteiger partial charge in [0.1, 0.15) is 0 Å². The molecule has 2 aromatic heterocycles. The molecule has 0 bridgehead atoms. The van der Waals surface area contributed by atoms with Crippen LogP contribution in [0.4, 0.5) is 0 Å². The lowest BCUT2D eigenvalue weighted by Crippen LogP contribution is -2.05. The first kappa shape index (κ1) is 14.8. The van der Waals surface area contributed by atoms with E-state index in [9.17, 15) is 4.79 Å². The Morgan fingerprint density at radius 3 is 2.76 bits per heavy atom. The Balaban J connectivity index is 0.000000272. The summed E-state index contributed by atoms with van der Waals surface area (Å²) in [6.07, 6.45) is 8.81. The van der Waals surface area contributed by atoms with Crippen molar-refractivity contribution in [2.45, 2.75) is 12.8 Å². The lowest BCUT2D eigenvalue weighted by molar-refractivity contribution is 0.0689. The highest BCUT2D eigenvalue weighted by atomic mass is 16.5. The molecule has 21 heavy (non-hydrogen) atoms. The number of aromatic carboxylic acids is 1. The molecule has 0 saturated heterocycles. The first-order valence-electron chi connectivity index (χ1n) is 6.53. The maximum absolute atomic E-state index is 10.7. The van der Waals surface area contributed by atoms with Gasteiger partial charge in [0, 0.05) is 18.5 Å². The normalized spacial score (nSPS) is 13.0. The van der Waals surface area contributed by atoms with Crippen LogP contribution in [0.15, 0.2) is 31.0 Å². The second-order valence-corrected chi connectivity index (χ2v) is 4.54. The van der Waals surface area contributed by atoms with Crippen molar-refractivity contribution in [3.05, 3.63) is 36.7 Å². The smallest absolute Gasteiger partial charge is 0.354 e. The fourth-order valence-corrected chi connectivity index (χ4v) is 1.51. The summed E-state index contributed by atoms with van der Waals surface area (Å²) in [7, 11) is 1.50. The van der Waals surface area contributed by atoms with Gasteiger partial charge in [-0.15, -0.1) is 0 Å². The van der Waals surface area contributed by atoms with Gasteiger partial charge >= 0.3 is 5.97 Å². The molecule has 0 atom stereocenters. The molecule has 7 nitrogen and oxygen atoms in total. The highest BCUT2D eigenvalue weighted by Crippen LogP contribution is 2.32. The van der Waals surface area contributed by atoms with Crippen LogP contribution >= 0.6 is 0 Å². The molecule has 0 radical (unpaired) electrons. The van der Waals surface area contributed by atoms with Crippen molar-refractivity contribution in [3.8, 4) is 11.5 Å². The van der Waals surface area contributed by atoms with Crippen molar-refractivity contribution in [1.29, 1.82) is 0 Å². The summed E-state index contributed by atoms with van der Waals surface area (Å²) in [6, 6.07) is 1.39. The van der Waals surface area contributed by atoms with E-state index >= 15 is 0 Å². The number of rotatable bonds is 5. The van der Waals surface area contributed by atoms with E-state index in [1.807, 2.05) is 0 Å². The van der Waals surface area contributed by atoms with Crippen LogP contribution < -0.4 is 9.47 Å². The van der Waals surface area contributed by atoms with Gasteiger partial charge < -0.3 is 19.6 Å². The number of carboxylic acids is 1. The third-order valence-corrected chi connectivity index (χ3v) is 2.85. The summed E-state index contributed by atoms with van der Waals surface area (Å²) in [5, 5.41) is 8.80. The number of methoxy groups -OCH3 is 1. The van der Waals surface area contributed by atoms with E-state index in [2.05, 4.69) is 15.0 Å². The molecule has 1 fully saturated rings. The van der Waals surface area contributed by atoms with Crippen LogP contribution in [-0.4, -0.2) is 39.7 Å². The predicted octanol–water partition coefficient (Wildman–Crippen LogP) is 1.99. The molecule has 3 rings (SSSR count). The van der Waals surface area contributed by atoms with Gasteiger partial charge in [-0.25, -0.2) is 14.8 Å². The van der Waals surface area contributed by atoms with Crippen molar-refractivity contribution < 1.29 is 19.4 Å². The number of hydrogen-bond acceptors (Lipinski definition) is 5. The number of aromatic amines is 1. The van der Waals surface area contributed by atoms with E-state index < -0.39 is 5.97 Å². The van der Waals surface area contributed by atoms with E-state index in [1.165, 1.54) is 32.2 Å². The standard InChI is InChI=1S/C11H13NO4.C3H4N2/c1-15-10-5-12-8(11(13)14)4-9(10)16-6-7-2-3-7;1-2-5-3-4-1/h4-5,7H,2-3,6H2,1H3,(H,13,14);1-3H,(H,4,5). The minimum absolute atomic E-state index is 0.0356. The highest BCUT2D eigenvalue weighted by molar-refractivity contribution is 5.86. The molecule has 1 saturated carbocycles. The quantitative estimate of drug-likeness (QED) is 0.874. The summed E-state index contributed by atoms with van der Waals surface area (Å²) in [5.41, 5.74) is -0.0356. The lowest BCUT2D eigenvalue weighted by Gasteiger charge is -2.10. The molecule has 7 heteroatoms. The minimum atomic E-state index is -1.07. The number of carboxylic acid groups (broad SMARTS) is 1. The maximum Gasteiger partial charge on any atom is 0.354 e. The van der Waals surface area contributed by atoms with Gasteiger partial charge in [0.25, 0.3) is 0 Å². The third-order valence-electron chi connectivity index (χ3n) is 2.85. The van der Waals surface area contributed by atoms with Crippen LogP contribution in [0.25, 0.3) is 0 Å². The van der Waals surface area contributed by atoms with E-state index in [0.29, 0.717) is 24.0 Å². The van der Waals surface area contributed by atoms with Gasteiger partial charge in [-0.2, -0.15) is 0 Å². The molecule has 0 amide bonds. The van der Waals surface area contributed by atoms with E-state index in [1.54, 1.807) is 18.7 Å². The molecule has 0 spiro atoms. The van der Waals surface area contributed by atoms with Crippen molar-refractivity contribution in [1.82, 2.24) is 15.0 Å². The molecule has 112 valence electrons. The van der Waals surface area contributed by atoms with Gasteiger partial charge in [0.05, 0.1) is 26.2 Å². The Morgan fingerprint density at radius 1 is 1.48 bits per heavy atom. The van der Waals surface area contributed by atoms with Gasteiger partial charge in [0.2, 0.25) is 0 Å². The Bertz CT molecular complexity index is 550. The van der Waals surface area contributed by atoms with Crippen LogP contribution in [0.1, 0.15) is 23.3 Å². The number of H-pyrrole nitrogens is 1. The first-order chi connectivity index (χ1) is 10.2. The molecule has 2 aromatic rings. The molecular formula is C14H17N3O4. The molecule has 1 aliphatic carbocycles. The Morgan fingerprint density at radius 2 is 2.29 bits per heavy atom. The largest absolute Gasteiger partial charge is 0.491 e. The zero-order chi connectivity index (χ0) is 15.1. The summed E-state index contributed by atoms with van der Waals surface area (Å²) in [4.78, 5) is 20.9. The average Bonchev–Trinajstić information content (AvgIpc) is 3.12. The number of pyridine rings is 1. The van der Waals surface area contributed by atoms with Crippen LogP contribution in [0.5, 0.6) is 11.5 Å². The van der Waals surface area contributed by atoms with Gasteiger partial charge in [-0.3, -0.25) is 0 Å². The summed E-state index contributed by atoms with van der Waals surface area (Å²) < 4.78 is 10.6. The first-order valence-corrected chi connectivity index (χ1v) is 6.53. The Kier molecular flexibility index (Phi) is 5.14. The number of ether oxygens (including phenoxy) is 2. The van der Waals surface area contributed by atoms with Crippen LogP contribution in [0.2, 0.25) is 0 Å². The van der Waals surface area contributed by atoms with Gasteiger partial charge in [-0.1, -0.05) is 0 Å². The lowest BCUT2D eigenvalue weighted by atomic mass is 10.3. The molecule has 0 aliphatic heterocycles. The van der Waals surface area contributed by atoms with Crippen LogP contribution in [0, 0.1) is 5.92 Å². The SMILES string of the molecule is COc1cnc(C(=O)O)cc1OCC1CC1.c1c[nH]cn1. The van der Waals surface area contributed by atoms with Crippen molar-refractivity contribution in [2.75, 3.05) is 13.7 Å². The number of carbonyl (C=O) groups is 1. The van der Waals surface area contributed by atoms with E-state index in [4.69, 9.17) is 14.6 Å². The van der Waals surface area contributed by atoms with Crippen LogP contribution in [-0.2, 0) is 0 Å². The molecule has 2 N–H and O–H groups in total. The fourth-order valence-electron chi connectivity index (χ4n) is 1.51. The van der Waals surface area contributed by atoms with E-state index in [-0.39, 0.29) is 5.69 Å². The summed E-state index contributed by atoms with van der Waals surface area (Å²) in [5.74, 6) is 0.442. The number of imidazole rings is 1. The van der Waals surface area contributed by atoms with Gasteiger partial charge in [0.15, 0.2) is 17.2 Å². The zero-order valence-electron chi connectivity index (χ0n) is 11.7. The van der Waals surface area contributed by atoms with Crippen molar-refractivity contribution in [2.24, 2.45) is 5.92 Å². The third kappa shape index (κ3) is 4.79. The molecule has 2 heterocycles. The molecule has 0 aromatic carbocycles. The minimum Gasteiger partial charge on any atom is -0.491 e. The van der Waals surface area contributed by atoms with Crippen molar-refractivity contribution in [3.63, 3.8) is 0 Å². The Labute approximate surface area is 122 Å². The number of hydrogen-bond donors (Lipinski definition) is 2. The second-order valence-electron chi connectivity index (χ2n) is 4.54. The topological polar surface area (TPSA) is 97.3 Å². The molecular weight excluding hydrogens is 274 g/mol. The zero-order valence-corrected chi connectivity index (χ0v) is 11.7. The highest BCUT2D eigenvalue weighted by Gasteiger charge is 2.23. The summed E-state index contributed by atoms with van der Waals surface area (Å²) in [6.45, 7) is 0.611.